The molecule has 0 aromatic carbocycles. The Morgan fingerprint density at radius 2 is 1.83 bits per heavy atom. The second-order valence-corrected chi connectivity index (χ2v) is 3.65. The van der Waals surface area contributed by atoms with Gasteiger partial charge >= 0.3 is 0 Å². The van der Waals surface area contributed by atoms with E-state index in [1.165, 1.54) is 19.4 Å². The zero-order chi connectivity index (χ0) is 9.19. The molecule has 0 aliphatic carbocycles. The third kappa shape index (κ3) is 1.49. The van der Waals surface area contributed by atoms with Gasteiger partial charge in [0.15, 0.2) is 0 Å². The molecule has 0 aromatic rings. The highest BCUT2D eigenvalue weighted by atomic mass is 15.5. The van der Waals surface area contributed by atoms with Crippen molar-refractivity contribution in [2.45, 2.75) is 32.2 Å². The van der Waals surface area contributed by atoms with Crippen LogP contribution >= 0.6 is 0 Å². The van der Waals surface area contributed by atoms with Crippen molar-refractivity contribution >= 4 is 0 Å². The van der Waals surface area contributed by atoms with Crippen LogP contribution in [-0.2, 0) is 0 Å². The summed E-state index contributed by atoms with van der Waals surface area (Å²) in [5.41, 5.74) is 0.481. The van der Waals surface area contributed by atoms with Crippen LogP contribution in [0.15, 0.2) is 0 Å². The average molecular weight is 171 g/mol. The van der Waals surface area contributed by atoms with E-state index >= 15 is 0 Å². The van der Waals surface area contributed by atoms with Gasteiger partial charge in [0.2, 0.25) is 0 Å². The largest absolute Gasteiger partial charge is 0.298 e. The van der Waals surface area contributed by atoms with Gasteiger partial charge in [-0.05, 0) is 26.4 Å². The Morgan fingerprint density at radius 1 is 1.25 bits per heavy atom. The number of likely N-dealkylation sites (tertiary alicyclic amines) is 1. The minimum Gasteiger partial charge on any atom is -0.298 e. The summed E-state index contributed by atoms with van der Waals surface area (Å²) in [6.45, 7) is 7.40. The first-order valence-electron chi connectivity index (χ1n) is 4.94. The number of rotatable bonds is 0. The summed E-state index contributed by atoms with van der Waals surface area (Å²) in [5, 5.41) is 1.90. The summed E-state index contributed by atoms with van der Waals surface area (Å²) in [4.78, 5) is 2.45. The van der Waals surface area contributed by atoms with E-state index in [1.54, 1.807) is 0 Å². The summed E-state index contributed by atoms with van der Waals surface area (Å²) >= 11 is 0. The van der Waals surface area contributed by atoms with E-state index in [9.17, 15) is 0 Å². The molecule has 0 unspecified atom stereocenters. The minimum atomic E-state index is 0.481. The van der Waals surface area contributed by atoms with Crippen molar-refractivity contribution in [1.82, 2.24) is 9.91 Å². The van der Waals surface area contributed by atoms with Gasteiger partial charge in [-0.15, -0.1) is 0 Å². The van der Waals surface area contributed by atoms with Gasteiger partial charge in [-0.1, -0.05) is 13.8 Å². The maximum atomic E-state index is 5.60. The first-order chi connectivity index (χ1) is 5.73. The van der Waals surface area contributed by atoms with Gasteiger partial charge < -0.3 is 0 Å². The average Bonchev–Trinajstić information content (AvgIpc) is 2.37. The monoisotopic (exact) mass is 171 g/mol. The second kappa shape index (κ2) is 3.73. The quantitative estimate of drug-likeness (QED) is 0.544. The van der Waals surface area contributed by atoms with Gasteiger partial charge in [0.25, 0.3) is 0 Å². The highest BCUT2D eigenvalue weighted by Gasteiger charge is 2.47. The fraction of sp³-hybridized carbons (Fsp3) is 1.00. The molecule has 0 aromatic heterocycles. The lowest BCUT2D eigenvalue weighted by atomic mass is 9.89. The van der Waals surface area contributed by atoms with Crippen LogP contribution in [0.4, 0.5) is 0 Å². The van der Waals surface area contributed by atoms with E-state index in [4.69, 9.17) is 5.84 Å². The van der Waals surface area contributed by atoms with Crippen LogP contribution in [0.1, 0.15) is 26.7 Å². The molecule has 0 radical (unpaired) electrons. The lowest BCUT2D eigenvalue weighted by Gasteiger charge is -2.49. The Hall–Kier alpha value is -0.120. The lowest BCUT2D eigenvalue weighted by molar-refractivity contribution is -0.0170. The molecular formula is C9H21N3. The molecule has 0 amide bonds. The van der Waals surface area contributed by atoms with Crippen molar-refractivity contribution < 1.29 is 0 Å². The van der Waals surface area contributed by atoms with Crippen molar-refractivity contribution in [3.63, 3.8) is 0 Å². The van der Waals surface area contributed by atoms with Gasteiger partial charge in [0, 0.05) is 18.6 Å². The second-order valence-electron chi connectivity index (χ2n) is 3.65. The third-order valence-electron chi connectivity index (χ3n) is 2.94. The van der Waals surface area contributed by atoms with E-state index in [-0.39, 0.29) is 0 Å². The highest BCUT2D eigenvalue weighted by Crippen LogP contribution is 2.34. The summed E-state index contributed by atoms with van der Waals surface area (Å²) in [6, 6.07) is 0. The lowest BCUT2D eigenvalue weighted by Crippen LogP contribution is -2.68. The smallest absolute Gasteiger partial charge is 0.0488 e. The minimum absolute atomic E-state index is 0.481. The number of nitrogens with two attached hydrogens (primary N) is 1. The predicted octanol–water partition coefficient (Wildman–Crippen LogP) is 0.666. The third-order valence-corrected chi connectivity index (χ3v) is 2.94. The van der Waals surface area contributed by atoms with Crippen molar-refractivity contribution in [3.05, 3.63) is 0 Å². The normalized spacial score (nSPS) is 28.0. The standard InChI is InChI=1S/C7H15N3.C2H6/c1-9-4-2-3-7(9)5-10(8)6-7;1-2/h2-6,8H2,1H3;1-2H3. The molecular weight excluding hydrogens is 150 g/mol. The van der Waals surface area contributed by atoms with Gasteiger partial charge in [-0.2, -0.15) is 0 Å². The van der Waals surface area contributed by atoms with Gasteiger partial charge in [-0.25, -0.2) is 5.01 Å². The Kier molecular flexibility index (Phi) is 3.09. The molecule has 0 saturated carbocycles. The molecule has 2 heterocycles. The topological polar surface area (TPSA) is 32.5 Å². The predicted molar refractivity (Wildman–Crippen MR) is 51.7 cm³/mol. The number of nitrogens with zero attached hydrogens (tertiary/aromatic N) is 2. The summed E-state index contributed by atoms with van der Waals surface area (Å²) < 4.78 is 0. The summed E-state index contributed by atoms with van der Waals surface area (Å²) in [5.74, 6) is 5.60. The van der Waals surface area contributed by atoms with Crippen LogP contribution in [0.25, 0.3) is 0 Å². The fourth-order valence-corrected chi connectivity index (χ4v) is 2.18. The van der Waals surface area contributed by atoms with E-state index in [0.29, 0.717) is 5.54 Å². The molecule has 2 fully saturated rings. The number of hydrazine groups is 1. The number of hydrogen-bond donors (Lipinski definition) is 1. The molecule has 2 aliphatic heterocycles. The molecule has 2 N–H and O–H groups in total. The molecule has 0 atom stereocenters. The van der Waals surface area contributed by atoms with E-state index in [1.807, 2.05) is 18.9 Å². The van der Waals surface area contributed by atoms with Crippen molar-refractivity contribution in [2.24, 2.45) is 5.84 Å². The highest BCUT2D eigenvalue weighted by molar-refractivity contribution is 5.04. The fourth-order valence-electron chi connectivity index (χ4n) is 2.18. The Balaban J connectivity index is 0.000000336. The first kappa shape index (κ1) is 9.96. The SMILES string of the molecule is CC.CN1CCCC12CN(N)C2. The van der Waals surface area contributed by atoms with E-state index in [0.717, 1.165) is 13.1 Å². The Morgan fingerprint density at radius 3 is 2.17 bits per heavy atom. The summed E-state index contributed by atoms with van der Waals surface area (Å²) in [7, 11) is 2.21. The molecule has 3 heteroatoms. The number of hydrogen-bond acceptors (Lipinski definition) is 3. The van der Waals surface area contributed by atoms with Crippen molar-refractivity contribution in [3.8, 4) is 0 Å². The van der Waals surface area contributed by atoms with E-state index in [2.05, 4.69) is 11.9 Å². The zero-order valence-corrected chi connectivity index (χ0v) is 8.51. The van der Waals surface area contributed by atoms with Crippen LogP contribution in [0, 0.1) is 0 Å². The van der Waals surface area contributed by atoms with Crippen molar-refractivity contribution in [1.29, 1.82) is 0 Å². The van der Waals surface area contributed by atoms with Gasteiger partial charge in [0.05, 0.1) is 0 Å². The molecule has 2 saturated heterocycles. The van der Waals surface area contributed by atoms with Crippen LogP contribution < -0.4 is 5.84 Å². The molecule has 12 heavy (non-hydrogen) atoms. The molecule has 1 spiro atoms. The van der Waals surface area contributed by atoms with Gasteiger partial charge in [-0.3, -0.25) is 10.7 Å². The zero-order valence-electron chi connectivity index (χ0n) is 8.51. The molecule has 0 bridgehead atoms. The Bertz CT molecular complexity index is 141. The molecule has 2 rings (SSSR count). The van der Waals surface area contributed by atoms with Crippen LogP contribution in [0.5, 0.6) is 0 Å². The van der Waals surface area contributed by atoms with Crippen LogP contribution in [0.3, 0.4) is 0 Å². The van der Waals surface area contributed by atoms with Crippen molar-refractivity contribution in [2.75, 3.05) is 26.7 Å². The molecule has 2 aliphatic rings. The Labute approximate surface area is 75.5 Å². The molecule has 3 nitrogen and oxygen atoms in total. The maximum Gasteiger partial charge on any atom is 0.0488 e. The maximum absolute atomic E-state index is 5.60. The first-order valence-corrected chi connectivity index (χ1v) is 4.94. The summed E-state index contributed by atoms with van der Waals surface area (Å²) in [6.07, 6.45) is 2.70. The van der Waals surface area contributed by atoms with Gasteiger partial charge in [0.1, 0.15) is 0 Å². The molecule has 72 valence electrons. The van der Waals surface area contributed by atoms with E-state index < -0.39 is 0 Å². The number of likely N-dealkylation sites (N-methyl/N-ethyl adjacent to an activating group) is 1. The van der Waals surface area contributed by atoms with Crippen LogP contribution in [0.2, 0.25) is 0 Å². The van der Waals surface area contributed by atoms with Crippen LogP contribution in [-0.4, -0.2) is 42.1 Å².